The van der Waals surface area contributed by atoms with Gasteiger partial charge in [0.1, 0.15) is 11.5 Å². The molecule has 0 aliphatic carbocycles. The van der Waals surface area contributed by atoms with E-state index in [9.17, 15) is 9.90 Å². The monoisotopic (exact) mass is 355 g/mol. The Balaban J connectivity index is 1.67. The lowest BCUT2D eigenvalue weighted by molar-refractivity contribution is -0.134. The van der Waals surface area contributed by atoms with Gasteiger partial charge >= 0.3 is 0 Å². The Morgan fingerprint density at radius 3 is 2.58 bits per heavy atom. The maximum Gasteiger partial charge on any atom is 0.227 e. The number of hydrogen-bond acceptors (Lipinski definition) is 4. The molecule has 26 heavy (non-hydrogen) atoms. The van der Waals surface area contributed by atoms with Crippen molar-refractivity contribution >= 4 is 5.91 Å². The van der Waals surface area contributed by atoms with Crippen molar-refractivity contribution in [3.05, 3.63) is 59.7 Å². The van der Waals surface area contributed by atoms with E-state index in [0.29, 0.717) is 24.6 Å². The summed E-state index contributed by atoms with van der Waals surface area (Å²) in [6.07, 6.45) is 0.428. The van der Waals surface area contributed by atoms with Gasteiger partial charge in [-0.3, -0.25) is 4.79 Å². The number of hydrogen-bond donors (Lipinski definition) is 1. The summed E-state index contributed by atoms with van der Waals surface area (Å²) >= 11 is 0. The lowest BCUT2D eigenvalue weighted by atomic mass is 9.87. The predicted octanol–water partition coefficient (Wildman–Crippen LogP) is 2.62. The third-order valence-electron chi connectivity index (χ3n) is 4.99. The zero-order valence-corrected chi connectivity index (χ0v) is 15.2. The van der Waals surface area contributed by atoms with Crippen LogP contribution in [0.1, 0.15) is 23.5 Å². The van der Waals surface area contributed by atoms with Crippen LogP contribution in [0.2, 0.25) is 0 Å². The first-order valence-electron chi connectivity index (χ1n) is 8.84. The molecule has 0 aromatic heterocycles. The van der Waals surface area contributed by atoms with Crippen LogP contribution in [-0.4, -0.2) is 49.3 Å². The molecule has 3 rings (SSSR count). The van der Waals surface area contributed by atoms with Gasteiger partial charge in [0, 0.05) is 24.6 Å². The second-order valence-corrected chi connectivity index (χ2v) is 6.57. The summed E-state index contributed by atoms with van der Waals surface area (Å²) in [4.78, 5) is 14.5. The quantitative estimate of drug-likeness (QED) is 0.896. The van der Waals surface area contributed by atoms with Gasteiger partial charge in [0.2, 0.25) is 5.91 Å². The molecule has 0 saturated carbocycles. The first-order valence-corrected chi connectivity index (χ1v) is 8.84. The maximum absolute atomic E-state index is 12.7. The Hall–Kier alpha value is -2.53. The number of methoxy groups -OCH3 is 2. The molecule has 2 atom stereocenters. The van der Waals surface area contributed by atoms with E-state index in [0.717, 1.165) is 17.5 Å². The number of carbonyl (C=O) groups is 1. The summed E-state index contributed by atoms with van der Waals surface area (Å²) in [6, 6.07) is 15.4. The van der Waals surface area contributed by atoms with Crippen LogP contribution >= 0.6 is 0 Å². The molecule has 5 nitrogen and oxygen atoms in total. The summed E-state index contributed by atoms with van der Waals surface area (Å²) < 4.78 is 10.6. The van der Waals surface area contributed by atoms with Gasteiger partial charge in [-0.25, -0.2) is 0 Å². The largest absolute Gasteiger partial charge is 0.497 e. The Kier molecular flexibility index (Phi) is 5.78. The molecule has 1 fully saturated rings. The fraction of sp³-hybridized carbons (Fsp3) is 0.381. The molecule has 0 spiro atoms. The number of nitrogens with zero attached hydrogens (tertiary/aromatic N) is 1. The fourth-order valence-electron chi connectivity index (χ4n) is 3.54. The van der Waals surface area contributed by atoms with E-state index in [4.69, 9.17) is 9.47 Å². The van der Waals surface area contributed by atoms with Gasteiger partial charge in [-0.2, -0.15) is 0 Å². The van der Waals surface area contributed by atoms with Gasteiger partial charge in [0.15, 0.2) is 0 Å². The fourth-order valence-corrected chi connectivity index (χ4v) is 3.54. The van der Waals surface area contributed by atoms with E-state index in [1.807, 2.05) is 42.5 Å². The molecule has 1 aliphatic rings. The molecule has 1 saturated heterocycles. The lowest BCUT2D eigenvalue weighted by Crippen LogP contribution is -2.46. The zero-order valence-electron chi connectivity index (χ0n) is 15.2. The molecule has 1 amide bonds. The molecular weight excluding hydrogens is 330 g/mol. The summed E-state index contributed by atoms with van der Waals surface area (Å²) in [5.41, 5.74) is 1.91. The van der Waals surface area contributed by atoms with Crippen molar-refractivity contribution in [1.82, 2.24) is 4.90 Å². The first-order chi connectivity index (χ1) is 12.6. The second kappa shape index (κ2) is 8.23. The van der Waals surface area contributed by atoms with Crippen LogP contribution in [0.15, 0.2) is 48.5 Å². The number of piperidine rings is 1. The minimum atomic E-state index is -0.553. The van der Waals surface area contributed by atoms with Crippen molar-refractivity contribution in [2.45, 2.75) is 24.9 Å². The number of ether oxygens (including phenoxy) is 2. The van der Waals surface area contributed by atoms with Crippen molar-refractivity contribution < 1.29 is 19.4 Å². The Labute approximate surface area is 154 Å². The van der Waals surface area contributed by atoms with Gasteiger partial charge in [-0.1, -0.05) is 30.3 Å². The summed E-state index contributed by atoms with van der Waals surface area (Å²) in [5.74, 6) is 1.42. The van der Waals surface area contributed by atoms with Crippen LogP contribution in [-0.2, 0) is 11.2 Å². The number of likely N-dealkylation sites (tertiary alicyclic amines) is 1. The molecular formula is C21H25NO4. The third-order valence-corrected chi connectivity index (χ3v) is 4.99. The molecule has 2 aromatic rings. The molecule has 5 heteroatoms. The molecule has 1 N–H and O–H groups in total. The number of aliphatic hydroxyl groups is 1. The third kappa shape index (κ3) is 3.99. The van der Waals surface area contributed by atoms with E-state index in [1.165, 1.54) is 0 Å². The second-order valence-electron chi connectivity index (χ2n) is 6.57. The number of rotatable bonds is 5. The molecule has 0 unspecified atom stereocenters. The minimum Gasteiger partial charge on any atom is -0.497 e. The molecule has 1 heterocycles. The van der Waals surface area contributed by atoms with Crippen LogP contribution in [0, 0.1) is 0 Å². The van der Waals surface area contributed by atoms with E-state index in [1.54, 1.807) is 25.2 Å². The molecule has 138 valence electrons. The average molecular weight is 355 g/mol. The van der Waals surface area contributed by atoms with Crippen LogP contribution < -0.4 is 9.47 Å². The van der Waals surface area contributed by atoms with Crippen LogP contribution in [0.5, 0.6) is 11.5 Å². The first kappa shape index (κ1) is 18.3. The molecule has 2 aromatic carbocycles. The van der Waals surface area contributed by atoms with Gasteiger partial charge in [0.25, 0.3) is 0 Å². The van der Waals surface area contributed by atoms with E-state index in [-0.39, 0.29) is 18.2 Å². The lowest BCUT2D eigenvalue weighted by Gasteiger charge is -2.36. The number of carbonyl (C=O) groups excluding carboxylic acids is 1. The highest BCUT2D eigenvalue weighted by atomic mass is 16.5. The Morgan fingerprint density at radius 2 is 1.92 bits per heavy atom. The predicted molar refractivity (Wildman–Crippen MR) is 99.6 cm³/mol. The van der Waals surface area contributed by atoms with Gasteiger partial charge in [-0.05, 0) is 30.2 Å². The summed E-state index contributed by atoms with van der Waals surface area (Å²) in [6.45, 7) is 0.992. The highest BCUT2D eigenvalue weighted by molar-refractivity contribution is 5.80. The van der Waals surface area contributed by atoms with Crippen LogP contribution in [0.3, 0.4) is 0 Å². The number of amides is 1. The molecule has 0 bridgehead atoms. The summed E-state index contributed by atoms with van der Waals surface area (Å²) in [7, 11) is 3.18. The van der Waals surface area contributed by atoms with Crippen molar-refractivity contribution in [2.75, 3.05) is 27.3 Å². The standard InChI is InChI=1S/C21H25NO4/c1-25-17-8-9-20(26-2)16(12-17)13-21(24)22-11-10-18(19(23)14-22)15-6-4-3-5-7-15/h3-9,12,18-19,23H,10-11,13-14H2,1-2H3/t18-,19+/m0/s1. The molecule has 0 radical (unpaired) electrons. The highest BCUT2D eigenvalue weighted by Crippen LogP contribution is 2.29. The minimum absolute atomic E-state index is 0.0119. The number of aliphatic hydroxyl groups excluding tert-OH is 1. The smallest absolute Gasteiger partial charge is 0.227 e. The van der Waals surface area contributed by atoms with Gasteiger partial charge in [0.05, 0.1) is 26.7 Å². The van der Waals surface area contributed by atoms with Crippen molar-refractivity contribution in [3.63, 3.8) is 0 Å². The van der Waals surface area contributed by atoms with Gasteiger partial charge < -0.3 is 19.5 Å². The number of β-amino-alcohol motifs (C(OH)–C–C–N with tert-alkyl or cyclic N) is 1. The average Bonchev–Trinajstić information content (AvgIpc) is 2.68. The molecule has 1 aliphatic heterocycles. The Bertz CT molecular complexity index is 747. The zero-order chi connectivity index (χ0) is 18.5. The van der Waals surface area contributed by atoms with Crippen molar-refractivity contribution in [2.24, 2.45) is 0 Å². The van der Waals surface area contributed by atoms with Crippen LogP contribution in [0.25, 0.3) is 0 Å². The number of benzene rings is 2. The highest BCUT2D eigenvalue weighted by Gasteiger charge is 2.31. The van der Waals surface area contributed by atoms with Gasteiger partial charge in [-0.15, -0.1) is 0 Å². The van der Waals surface area contributed by atoms with Crippen LogP contribution in [0.4, 0.5) is 0 Å². The SMILES string of the molecule is COc1ccc(OC)c(CC(=O)N2CC[C@@H](c3ccccc3)[C@H](O)C2)c1. The van der Waals surface area contributed by atoms with Crippen molar-refractivity contribution in [1.29, 1.82) is 0 Å². The normalized spacial score (nSPS) is 19.9. The Morgan fingerprint density at radius 1 is 1.15 bits per heavy atom. The maximum atomic E-state index is 12.7. The van der Waals surface area contributed by atoms with E-state index in [2.05, 4.69) is 0 Å². The van der Waals surface area contributed by atoms with E-state index >= 15 is 0 Å². The van der Waals surface area contributed by atoms with E-state index < -0.39 is 6.10 Å². The summed E-state index contributed by atoms with van der Waals surface area (Å²) in [5, 5.41) is 10.6. The van der Waals surface area contributed by atoms with Crippen molar-refractivity contribution in [3.8, 4) is 11.5 Å². The topological polar surface area (TPSA) is 59.0 Å².